The van der Waals surface area contributed by atoms with Crippen molar-refractivity contribution in [3.8, 4) is 0 Å². The topological polar surface area (TPSA) is 21.7 Å². The normalized spacial score (nSPS) is 20.2. The van der Waals surface area contributed by atoms with Gasteiger partial charge in [-0.1, -0.05) is 49.4 Å². The second kappa shape index (κ2) is 10.5. The van der Waals surface area contributed by atoms with Crippen LogP contribution in [0.25, 0.3) is 0 Å². The van der Waals surface area contributed by atoms with Gasteiger partial charge in [-0.05, 0) is 73.7 Å². The third-order valence-corrected chi connectivity index (χ3v) is 6.69. The molecule has 2 aromatic rings. The van der Waals surface area contributed by atoms with Crippen molar-refractivity contribution in [2.24, 2.45) is 0 Å². The number of ether oxygens (including phenoxy) is 2. The van der Waals surface area contributed by atoms with Gasteiger partial charge in [-0.2, -0.15) is 0 Å². The summed E-state index contributed by atoms with van der Waals surface area (Å²) in [5.41, 5.74) is 5.21. The molecule has 0 bridgehead atoms. The second-order valence-corrected chi connectivity index (χ2v) is 8.73. The lowest BCUT2D eigenvalue weighted by Gasteiger charge is -2.37. The van der Waals surface area contributed by atoms with Crippen LogP contribution in [0.3, 0.4) is 0 Å². The molecule has 4 heteroatoms. The van der Waals surface area contributed by atoms with E-state index in [1.807, 2.05) is 0 Å². The van der Waals surface area contributed by atoms with E-state index < -0.39 is 5.79 Å². The Labute approximate surface area is 191 Å². The SMILES string of the molecule is CCC1=C(C)C=CN(CCCCC2(c3ccc(F)cc3)OCCO2)C1Cc1ccccc1. The van der Waals surface area contributed by atoms with Crippen molar-refractivity contribution in [3.05, 3.63) is 95.0 Å². The van der Waals surface area contributed by atoms with Crippen LogP contribution in [0.1, 0.15) is 50.7 Å². The lowest BCUT2D eigenvalue weighted by molar-refractivity contribution is -0.171. The van der Waals surface area contributed by atoms with Gasteiger partial charge in [-0.25, -0.2) is 4.39 Å². The molecule has 2 aromatic carbocycles. The second-order valence-electron chi connectivity index (χ2n) is 8.73. The van der Waals surface area contributed by atoms with Gasteiger partial charge in [0.25, 0.3) is 0 Å². The monoisotopic (exact) mass is 435 g/mol. The summed E-state index contributed by atoms with van der Waals surface area (Å²) in [6, 6.07) is 17.7. The molecule has 32 heavy (non-hydrogen) atoms. The fraction of sp³-hybridized carbons (Fsp3) is 0.429. The van der Waals surface area contributed by atoms with Gasteiger partial charge in [-0.15, -0.1) is 0 Å². The zero-order valence-corrected chi connectivity index (χ0v) is 19.2. The molecule has 4 rings (SSSR count). The minimum atomic E-state index is -0.736. The van der Waals surface area contributed by atoms with Crippen LogP contribution in [-0.2, 0) is 21.7 Å². The molecule has 2 aliphatic rings. The van der Waals surface area contributed by atoms with Crippen LogP contribution in [0.5, 0.6) is 0 Å². The van der Waals surface area contributed by atoms with Crippen LogP contribution >= 0.6 is 0 Å². The van der Waals surface area contributed by atoms with Crippen molar-refractivity contribution in [2.45, 2.75) is 57.8 Å². The minimum Gasteiger partial charge on any atom is -0.370 e. The van der Waals surface area contributed by atoms with Gasteiger partial charge in [0.1, 0.15) is 5.82 Å². The molecule has 1 fully saturated rings. The maximum Gasteiger partial charge on any atom is 0.194 e. The number of benzene rings is 2. The average molecular weight is 436 g/mol. The Hall–Kier alpha value is -2.43. The minimum absolute atomic E-state index is 0.238. The molecule has 0 N–H and O–H groups in total. The molecule has 3 nitrogen and oxygen atoms in total. The van der Waals surface area contributed by atoms with Crippen LogP contribution in [0, 0.1) is 5.82 Å². The van der Waals surface area contributed by atoms with Crippen molar-refractivity contribution < 1.29 is 13.9 Å². The first-order chi connectivity index (χ1) is 15.6. The Balaban J connectivity index is 1.39. The summed E-state index contributed by atoms with van der Waals surface area (Å²) in [6.07, 6.45) is 9.40. The molecule has 0 aromatic heterocycles. The number of rotatable bonds is 9. The van der Waals surface area contributed by atoms with Crippen molar-refractivity contribution in [1.82, 2.24) is 4.90 Å². The zero-order valence-electron chi connectivity index (χ0n) is 19.2. The van der Waals surface area contributed by atoms with Crippen LogP contribution in [-0.4, -0.2) is 30.7 Å². The Morgan fingerprint density at radius 2 is 1.72 bits per heavy atom. The molecular weight excluding hydrogens is 401 g/mol. The molecule has 1 atom stereocenters. The van der Waals surface area contributed by atoms with Gasteiger partial charge >= 0.3 is 0 Å². The molecule has 170 valence electrons. The molecular formula is C28H34FNO2. The average Bonchev–Trinajstić information content (AvgIpc) is 3.29. The highest BCUT2D eigenvalue weighted by Gasteiger charge is 2.38. The van der Waals surface area contributed by atoms with E-state index in [0.29, 0.717) is 19.3 Å². The van der Waals surface area contributed by atoms with Gasteiger partial charge in [0.15, 0.2) is 5.79 Å². The Morgan fingerprint density at radius 3 is 2.41 bits per heavy atom. The van der Waals surface area contributed by atoms with E-state index in [1.54, 1.807) is 12.1 Å². The van der Waals surface area contributed by atoms with E-state index >= 15 is 0 Å². The van der Waals surface area contributed by atoms with E-state index in [0.717, 1.165) is 44.2 Å². The van der Waals surface area contributed by atoms with E-state index in [4.69, 9.17) is 9.47 Å². The number of allylic oxidation sites excluding steroid dienone is 2. The molecule has 2 aliphatic heterocycles. The Kier molecular flexibility index (Phi) is 7.44. The zero-order chi connectivity index (χ0) is 22.4. The molecule has 0 aliphatic carbocycles. The fourth-order valence-corrected chi connectivity index (χ4v) is 4.97. The fourth-order valence-electron chi connectivity index (χ4n) is 4.97. The van der Waals surface area contributed by atoms with Gasteiger partial charge in [0.2, 0.25) is 0 Å². The number of hydrogen-bond acceptors (Lipinski definition) is 3. The number of halogens is 1. The summed E-state index contributed by atoms with van der Waals surface area (Å²) in [4.78, 5) is 2.50. The first-order valence-corrected chi connectivity index (χ1v) is 11.8. The number of hydrogen-bond donors (Lipinski definition) is 0. The van der Waals surface area contributed by atoms with Crippen molar-refractivity contribution in [1.29, 1.82) is 0 Å². The van der Waals surface area contributed by atoms with E-state index in [9.17, 15) is 4.39 Å². The molecule has 0 amide bonds. The summed E-state index contributed by atoms with van der Waals surface area (Å²) < 4.78 is 25.4. The first kappa shape index (κ1) is 22.8. The maximum absolute atomic E-state index is 13.4. The highest BCUT2D eigenvalue weighted by atomic mass is 19.1. The summed E-state index contributed by atoms with van der Waals surface area (Å²) in [6.45, 7) is 6.64. The Morgan fingerprint density at radius 1 is 1.00 bits per heavy atom. The highest BCUT2D eigenvalue weighted by molar-refractivity contribution is 5.33. The summed E-state index contributed by atoms with van der Waals surface area (Å²) >= 11 is 0. The lowest BCUT2D eigenvalue weighted by Crippen LogP contribution is -2.37. The standard InChI is InChI=1S/C28H34FNO2/c1-3-26-22(2)15-18-30(27(26)21-23-9-5-4-6-10-23)17-8-7-16-28(31-19-20-32-28)24-11-13-25(29)14-12-24/h4-6,9-15,18,27H,3,7-8,16-17,19-21H2,1-2H3. The van der Waals surface area contributed by atoms with Gasteiger partial charge < -0.3 is 14.4 Å². The quantitative estimate of drug-likeness (QED) is 0.428. The highest BCUT2D eigenvalue weighted by Crippen LogP contribution is 2.37. The lowest BCUT2D eigenvalue weighted by atomic mass is 9.90. The van der Waals surface area contributed by atoms with Gasteiger partial charge in [0, 0.05) is 18.5 Å². The van der Waals surface area contributed by atoms with Crippen LogP contribution in [0.15, 0.2) is 78.0 Å². The predicted octanol–water partition coefficient (Wildman–Crippen LogP) is 6.36. The predicted molar refractivity (Wildman–Crippen MR) is 127 cm³/mol. The summed E-state index contributed by atoms with van der Waals surface area (Å²) in [5, 5.41) is 0. The molecule has 0 spiro atoms. The first-order valence-electron chi connectivity index (χ1n) is 11.8. The van der Waals surface area contributed by atoms with Crippen molar-refractivity contribution >= 4 is 0 Å². The van der Waals surface area contributed by atoms with Gasteiger partial charge in [0.05, 0.1) is 19.3 Å². The summed E-state index contributed by atoms with van der Waals surface area (Å²) in [7, 11) is 0. The number of nitrogens with zero attached hydrogens (tertiary/aromatic N) is 1. The molecule has 1 saturated heterocycles. The van der Waals surface area contributed by atoms with Crippen LogP contribution in [0.4, 0.5) is 4.39 Å². The van der Waals surface area contributed by atoms with Crippen LogP contribution < -0.4 is 0 Å². The number of unbranched alkanes of at least 4 members (excludes halogenated alkanes) is 1. The smallest absolute Gasteiger partial charge is 0.194 e. The Bertz CT molecular complexity index is 930. The van der Waals surface area contributed by atoms with Gasteiger partial charge in [-0.3, -0.25) is 0 Å². The van der Waals surface area contributed by atoms with Crippen molar-refractivity contribution in [3.63, 3.8) is 0 Å². The molecule has 2 heterocycles. The molecule has 1 unspecified atom stereocenters. The van der Waals surface area contributed by atoms with E-state index in [1.165, 1.54) is 28.8 Å². The summed E-state index contributed by atoms with van der Waals surface area (Å²) in [5.74, 6) is -0.974. The van der Waals surface area contributed by atoms with Crippen LogP contribution in [0.2, 0.25) is 0 Å². The van der Waals surface area contributed by atoms with Crippen molar-refractivity contribution in [2.75, 3.05) is 19.8 Å². The largest absolute Gasteiger partial charge is 0.370 e. The molecule has 0 radical (unpaired) electrons. The van der Waals surface area contributed by atoms with E-state index in [-0.39, 0.29) is 5.82 Å². The maximum atomic E-state index is 13.4. The molecule has 0 saturated carbocycles. The third kappa shape index (κ3) is 5.13. The van der Waals surface area contributed by atoms with E-state index in [2.05, 4.69) is 61.4 Å². The third-order valence-electron chi connectivity index (χ3n) is 6.69.